The van der Waals surface area contributed by atoms with Gasteiger partial charge in [0.25, 0.3) is 0 Å². The van der Waals surface area contributed by atoms with Crippen molar-refractivity contribution < 1.29 is 14.4 Å². The van der Waals surface area contributed by atoms with Gasteiger partial charge in [-0.25, -0.2) is 9.78 Å². The lowest BCUT2D eigenvalue weighted by atomic mass is 10.2. The van der Waals surface area contributed by atoms with Crippen LogP contribution in [0.1, 0.15) is 20.3 Å². The first kappa shape index (κ1) is 15.0. The monoisotopic (exact) mass is 293 g/mol. The Bertz CT molecular complexity index is 552. The molecule has 2 heterocycles. The molecule has 0 atom stereocenters. The number of amides is 4. The summed E-state index contributed by atoms with van der Waals surface area (Å²) in [7, 11) is 0. The molecule has 1 fully saturated rings. The van der Waals surface area contributed by atoms with E-state index in [0.717, 1.165) is 6.54 Å². The Labute approximate surface area is 122 Å². The molecule has 1 aromatic heterocycles. The maximum absolute atomic E-state index is 12.0. The average molecular weight is 293 g/mol. The summed E-state index contributed by atoms with van der Waals surface area (Å²) in [6, 6.07) is -0.535. The van der Waals surface area contributed by atoms with Crippen LogP contribution in [0.15, 0.2) is 12.4 Å². The van der Waals surface area contributed by atoms with Crippen molar-refractivity contribution in [2.24, 2.45) is 5.92 Å². The van der Waals surface area contributed by atoms with Crippen molar-refractivity contribution in [3.8, 4) is 0 Å². The molecule has 1 saturated heterocycles. The molecule has 0 unspecified atom stereocenters. The number of imide groups is 1. The van der Waals surface area contributed by atoms with Gasteiger partial charge in [0, 0.05) is 31.9 Å². The van der Waals surface area contributed by atoms with Crippen LogP contribution in [-0.4, -0.2) is 45.4 Å². The molecule has 1 aliphatic rings. The molecule has 1 aliphatic heterocycles. The molecule has 2 rings (SSSR count). The summed E-state index contributed by atoms with van der Waals surface area (Å²) in [5.74, 6) is 0.232. The second-order valence-corrected chi connectivity index (χ2v) is 5.37. The Morgan fingerprint density at radius 1 is 1.48 bits per heavy atom. The number of urea groups is 1. The predicted molar refractivity (Wildman–Crippen MR) is 75.4 cm³/mol. The molecule has 0 aliphatic carbocycles. The minimum Gasteiger partial charge on any atom is -0.317 e. The fourth-order valence-electron chi connectivity index (χ4n) is 2.06. The molecule has 0 aromatic carbocycles. The predicted octanol–water partition coefficient (Wildman–Crippen LogP) is 0.420. The summed E-state index contributed by atoms with van der Waals surface area (Å²) in [5.41, 5.74) is 0. The highest BCUT2D eigenvalue weighted by molar-refractivity contribution is 5.99. The lowest BCUT2D eigenvalue weighted by molar-refractivity contribution is -0.123. The first-order valence-electron chi connectivity index (χ1n) is 6.85. The van der Waals surface area contributed by atoms with Crippen molar-refractivity contribution in [2.45, 2.75) is 26.8 Å². The molecule has 8 nitrogen and oxygen atoms in total. The number of rotatable bonds is 5. The minimum absolute atomic E-state index is 0.104. The van der Waals surface area contributed by atoms with Gasteiger partial charge in [-0.15, -0.1) is 0 Å². The Morgan fingerprint density at radius 2 is 2.24 bits per heavy atom. The van der Waals surface area contributed by atoms with Crippen LogP contribution in [-0.2, 0) is 16.1 Å². The highest BCUT2D eigenvalue weighted by atomic mass is 16.2. The van der Waals surface area contributed by atoms with Gasteiger partial charge in [-0.1, -0.05) is 13.8 Å². The van der Waals surface area contributed by atoms with Crippen molar-refractivity contribution in [1.82, 2.24) is 19.8 Å². The number of nitrogens with zero attached hydrogens (tertiary/aromatic N) is 3. The van der Waals surface area contributed by atoms with Gasteiger partial charge in [0.1, 0.15) is 6.54 Å². The molecule has 0 spiro atoms. The van der Waals surface area contributed by atoms with E-state index in [2.05, 4.69) is 29.5 Å². The molecule has 0 saturated carbocycles. The molecular weight excluding hydrogens is 274 g/mol. The Morgan fingerprint density at radius 3 is 2.90 bits per heavy atom. The average Bonchev–Trinajstić information content (AvgIpc) is 2.79. The zero-order chi connectivity index (χ0) is 15.4. The van der Waals surface area contributed by atoms with Crippen LogP contribution < -0.4 is 10.6 Å². The van der Waals surface area contributed by atoms with Crippen LogP contribution in [0.25, 0.3) is 0 Å². The van der Waals surface area contributed by atoms with Gasteiger partial charge in [0.05, 0.1) is 0 Å². The van der Waals surface area contributed by atoms with Crippen LogP contribution in [0.3, 0.4) is 0 Å². The third kappa shape index (κ3) is 4.04. The van der Waals surface area contributed by atoms with Gasteiger partial charge in [-0.3, -0.25) is 20.2 Å². The van der Waals surface area contributed by atoms with Gasteiger partial charge in [-0.2, -0.15) is 0 Å². The first-order valence-corrected chi connectivity index (χ1v) is 6.85. The zero-order valence-corrected chi connectivity index (χ0v) is 12.1. The first-order chi connectivity index (χ1) is 9.95. The summed E-state index contributed by atoms with van der Waals surface area (Å²) < 4.78 is 1.85. The molecule has 21 heavy (non-hydrogen) atoms. The van der Waals surface area contributed by atoms with E-state index in [1.54, 1.807) is 12.4 Å². The fraction of sp³-hybridized carbons (Fsp3) is 0.538. The second-order valence-electron chi connectivity index (χ2n) is 5.37. The smallest absolute Gasteiger partial charge is 0.317 e. The van der Waals surface area contributed by atoms with Crippen LogP contribution >= 0.6 is 0 Å². The van der Waals surface area contributed by atoms with Crippen LogP contribution in [0.2, 0.25) is 0 Å². The zero-order valence-electron chi connectivity index (χ0n) is 12.1. The second kappa shape index (κ2) is 6.38. The van der Waals surface area contributed by atoms with Crippen molar-refractivity contribution in [2.75, 3.05) is 18.4 Å². The molecular formula is C13H19N5O3. The fourth-order valence-corrected chi connectivity index (χ4v) is 2.06. The topological polar surface area (TPSA) is 96.3 Å². The molecule has 1 aromatic rings. The van der Waals surface area contributed by atoms with Crippen molar-refractivity contribution in [3.05, 3.63) is 12.4 Å². The number of carbonyl (C=O) groups is 3. The van der Waals surface area contributed by atoms with E-state index >= 15 is 0 Å². The van der Waals surface area contributed by atoms with Gasteiger partial charge >= 0.3 is 6.03 Å². The summed E-state index contributed by atoms with van der Waals surface area (Å²) in [6.07, 6.45) is 3.62. The summed E-state index contributed by atoms with van der Waals surface area (Å²) in [4.78, 5) is 39.9. The van der Waals surface area contributed by atoms with E-state index in [-0.39, 0.29) is 31.3 Å². The third-order valence-corrected chi connectivity index (χ3v) is 3.01. The van der Waals surface area contributed by atoms with Crippen LogP contribution in [0.5, 0.6) is 0 Å². The van der Waals surface area contributed by atoms with E-state index in [1.807, 2.05) is 4.57 Å². The maximum Gasteiger partial charge on any atom is 0.324 e. The van der Waals surface area contributed by atoms with E-state index in [0.29, 0.717) is 11.9 Å². The molecule has 4 amide bonds. The van der Waals surface area contributed by atoms with Crippen molar-refractivity contribution in [3.63, 3.8) is 0 Å². The Kier molecular flexibility index (Phi) is 4.56. The maximum atomic E-state index is 12.0. The largest absolute Gasteiger partial charge is 0.324 e. The van der Waals surface area contributed by atoms with Gasteiger partial charge in [0.2, 0.25) is 17.8 Å². The number of hydrogen-bond donors (Lipinski definition) is 2. The lowest BCUT2D eigenvalue weighted by Crippen LogP contribution is -2.51. The van der Waals surface area contributed by atoms with Gasteiger partial charge in [0.15, 0.2) is 0 Å². The van der Waals surface area contributed by atoms with E-state index in [4.69, 9.17) is 0 Å². The van der Waals surface area contributed by atoms with E-state index in [9.17, 15) is 14.4 Å². The number of hydrogen-bond acceptors (Lipinski definition) is 4. The van der Waals surface area contributed by atoms with E-state index < -0.39 is 6.03 Å². The standard InChI is InChI=1S/C13H19N5O3/c1-9(2)7-17-6-4-14-12(17)15-11(20)8-18-5-3-10(19)16-13(18)21/h4,6,9H,3,5,7-8H2,1-2H3,(H,14,15,20)(H,16,19,21). The van der Waals surface area contributed by atoms with Crippen molar-refractivity contribution in [1.29, 1.82) is 0 Å². The Balaban J connectivity index is 1.91. The SMILES string of the molecule is CC(C)Cn1ccnc1NC(=O)CN1CCC(=O)NC1=O. The number of anilines is 1. The Hall–Kier alpha value is -2.38. The lowest BCUT2D eigenvalue weighted by Gasteiger charge is -2.25. The van der Waals surface area contributed by atoms with Gasteiger partial charge in [-0.05, 0) is 5.92 Å². The third-order valence-electron chi connectivity index (χ3n) is 3.01. The highest BCUT2D eigenvalue weighted by Gasteiger charge is 2.24. The van der Waals surface area contributed by atoms with Crippen molar-refractivity contribution >= 4 is 23.8 Å². The molecule has 0 bridgehead atoms. The number of nitrogens with one attached hydrogen (secondary N) is 2. The van der Waals surface area contributed by atoms with Crippen LogP contribution in [0.4, 0.5) is 10.7 Å². The van der Waals surface area contributed by atoms with Gasteiger partial charge < -0.3 is 9.47 Å². The number of carbonyl (C=O) groups excluding carboxylic acids is 3. The number of aromatic nitrogens is 2. The summed E-state index contributed by atoms with van der Waals surface area (Å²) >= 11 is 0. The molecule has 8 heteroatoms. The minimum atomic E-state index is -0.535. The molecule has 114 valence electrons. The molecule has 2 N–H and O–H groups in total. The number of imidazole rings is 1. The normalized spacial score (nSPS) is 15.3. The summed E-state index contributed by atoms with van der Waals surface area (Å²) in [6.45, 7) is 5.03. The highest BCUT2D eigenvalue weighted by Crippen LogP contribution is 2.09. The van der Waals surface area contributed by atoms with Crippen LogP contribution in [0, 0.1) is 5.92 Å². The molecule has 0 radical (unpaired) electrons. The quantitative estimate of drug-likeness (QED) is 0.822. The van der Waals surface area contributed by atoms with E-state index in [1.165, 1.54) is 4.90 Å². The summed E-state index contributed by atoms with van der Waals surface area (Å²) in [5, 5.41) is 4.86.